The van der Waals surface area contributed by atoms with Gasteiger partial charge in [0.2, 0.25) is 5.95 Å². The van der Waals surface area contributed by atoms with E-state index in [1.165, 1.54) is 24.5 Å². The SMILES string of the molecule is CCCCN1CCc2nc(Nc3ncc(F)c(-c4cc(F)c5nc(C)n(C(C)(C)C)c5c4)n3)ccc2C1. The van der Waals surface area contributed by atoms with Crippen molar-refractivity contribution >= 4 is 22.8 Å². The van der Waals surface area contributed by atoms with E-state index in [1.54, 1.807) is 6.07 Å². The van der Waals surface area contributed by atoms with Crippen LogP contribution >= 0.6 is 0 Å². The first kappa shape index (κ1) is 25.2. The van der Waals surface area contributed by atoms with Gasteiger partial charge in [-0.1, -0.05) is 19.4 Å². The van der Waals surface area contributed by atoms with Crippen molar-refractivity contribution in [2.45, 2.75) is 66.0 Å². The zero-order valence-electron chi connectivity index (χ0n) is 22.1. The van der Waals surface area contributed by atoms with Gasteiger partial charge in [-0.25, -0.2) is 28.7 Å². The van der Waals surface area contributed by atoms with E-state index in [1.807, 2.05) is 38.3 Å². The third-order valence-corrected chi connectivity index (χ3v) is 6.76. The van der Waals surface area contributed by atoms with Gasteiger partial charge in [0.1, 0.15) is 22.9 Å². The largest absolute Gasteiger partial charge is 0.323 e. The summed E-state index contributed by atoms with van der Waals surface area (Å²) in [6, 6.07) is 6.98. The zero-order valence-corrected chi connectivity index (χ0v) is 22.1. The first-order valence-corrected chi connectivity index (χ1v) is 12.8. The number of anilines is 2. The average Bonchev–Trinajstić information content (AvgIpc) is 3.20. The number of nitrogens with one attached hydrogen (secondary N) is 1. The normalized spacial score (nSPS) is 14.2. The van der Waals surface area contributed by atoms with Gasteiger partial charge in [-0.2, -0.15) is 0 Å². The van der Waals surface area contributed by atoms with Crippen LogP contribution in [0.4, 0.5) is 20.5 Å². The van der Waals surface area contributed by atoms with Gasteiger partial charge in [-0.3, -0.25) is 4.90 Å². The minimum absolute atomic E-state index is 0.0159. The van der Waals surface area contributed by atoms with Crippen LogP contribution in [0.1, 0.15) is 57.6 Å². The van der Waals surface area contributed by atoms with Crippen molar-refractivity contribution in [3.8, 4) is 11.3 Å². The highest BCUT2D eigenvalue weighted by atomic mass is 19.1. The van der Waals surface area contributed by atoms with E-state index in [0.29, 0.717) is 22.7 Å². The monoisotopic (exact) mass is 505 g/mol. The van der Waals surface area contributed by atoms with Gasteiger partial charge in [-0.15, -0.1) is 0 Å². The number of aryl methyl sites for hydroxylation is 1. The number of pyridine rings is 1. The van der Waals surface area contributed by atoms with Crippen LogP contribution in [0.15, 0.2) is 30.5 Å². The Balaban J connectivity index is 1.45. The standard InChI is InChI=1S/C28H33F2N7/c1-6-7-11-36-12-10-22-18(16-36)8-9-24(33-22)34-27-31-15-21(30)25(35-27)19-13-20(29)26-23(14-19)37(17(2)32-26)28(3,4)5/h8-9,13-15H,6-7,10-12,16H2,1-5H3,(H,31,33,34,35). The molecule has 5 rings (SSSR count). The summed E-state index contributed by atoms with van der Waals surface area (Å²) in [5, 5.41) is 3.10. The molecule has 0 spiro atoms. The van der Waals surface area contributed by atoms with Gasteiger partial charge in [0.05, 0.1) is 11.7 Å². The van der Waals surface area contributed by atoms with E-state index in [4.69, 9.17) is 4.98 Å². The number of unbranched alkanes of at least 4 members (excludes halogenated alkanes) is 1. The van der Waals surface area contributed by atoms with E-state index >= 15 is 4.39 Å². The van der Waals surface area contributed by atoms with Crippen molar-refractivity contribution in [2.24, 2.45) is 0 Å². The van der Waals surface area contributed by atoms with Crippen molar-refractivity contribution in [1.29, 1.82) is 0 Å². The van der Waals surface area contributed by atoms with Crippen molar-refractivity contribution in [3.63, 3.8) is 0 Å². The Labute approximate surface area is 216 Å². The maximum absolute atomic E-state index is 15.1. The van der Waals surface area contributed by atoms with E-state index in [-0.39, 0.29) is 22.7 Å². The molecule has 0 unspecified atom stereocenters. The lowest BCUT2D eigenvalue weighted by Gasteiger charge is -2.28. The molecule has 9 heteroatoms. The summed E-state index contributed by atoms with van der Waals surface area (Å²) in [7, 11) is 0. The van der Waals surface area contributed by atoms with E-state index in [9.17, 15) is 4.39 Å². The number of halogens is 2. The highest BCUT2D eigenvalue weighted by Gasteiger charge is 2.23. The molecular weight excluding hydrogens is 472 g/mol. The Bertz CT molecular complexity index is 1460. The summed E-state index contributed by atoms with van der Waals surface area (Å²) in [5.74, 6) is 0.339. The molecule has 0 bridgehead atoms. The summed E-state index contributed by atoms with van der Waals surface area (Å²) < 4.78 is 31.9. The second-order valence-electron chi connectivity index (χ2n) is 10.7. The molecular formula is C28H33F2N7. The molecule has 1 N–H and O–H groups in total. The number of hydrogen-bond acceptors (Lipinski definition) is 6. The molecule has 0 saturated carbocycles. The lowest BCUT2D eigenvalue weighted by Crippen LogP contribution is -2.31. The molecule has 0 amide bonds. The molecule has 0 saturated heterocycles. The van der Waals surface area contributed by atoms with Crippen molar-refractivity contribution in [2.75, 3.05) is 18.4 Å². The number of benzene rings is 1. The van der Waals surface area contributed by atoms with Crippen molar-refractivity contribution in [1.82, 2.24) is 29.4 Å². The number of rotatable bonds is 6. The van der Waals surface area contributed by atoms with Crippen LogP contribution in [0.3, 0.4) is 0 Å². The Morgan fingerprint density at radius 3 is 2.62 bits per heavy atom. The van der Waals surface area contributed by atoms with Crippen molar-refractivity contribution < 1.29 is 8.78 Å². The van der Waals surface area contributed by atoms with E-state index in [0.717, 1.165) is 37.9 Å². The van der Waals surface area contributed by atoms with E-state index in [2.05, 4.69) is 38.2 Å². The molecule has 3 aromatic heterocycles. The second-order valence-corrected chi connectivity index (χ2v) is 10.7. The molecule has 194 valence electrons. The first-order chi connectivity index (χ1) is 17.6. The summed E-state index contributed by atoms with van der Waals surface area (Å²) in [6.45, 7) is 13.1. The van der Waals surface area contributed by atoms with E-state index < -0.39 is 11.6 Å². The van der Waals surface area contributed by atoms with Crippen LogP contribution in [0.25, 0.3) is 22.3 Å². The third-order valence-electron chi connectivity index (χ3n) is 6.76. The van der Waals surface area contributed by atoms with Crippen LogP contribution in [0.2, 0.25) is 0 Å². The number of imidazole rings is 1. The van der Waals surface area contributed by atoms with Crippen LogP contribution in [0.5, 0.6) is 0 Å². The number of nitrogens with zero attached hydrogens (tertiary/aromatic N) is 6. The molecule has 0 aliphatic carbocycles. The summed E-state index contributed by atoms with van der Waals surface area (Å²) in [4.78, 5) is 20.1. The highest BCUT2D eigenvalue weighted by Crippen LogP contribution is 2.32. The van der Waals surface area contributed by atoms with Gasteiger partial charge in [0.25, 0.3) is 0 Å². The van der Waals surface area contributed by atoms with Crippen LogP contribution in [-0.4, -0.2) is 42.5 Å². The molecule has 1 aromatic carbocycles. The fourth-order valence-corrected chi connectivity index (χ4v) is 5.10. The minimum atomic E-state index is -0.631. The molecule has 4 aromatic rings. The molecule has 0 radical (unpaired) electrons. The number of hydrogen-bond donors (Lipinski definition) is 1. The topological polar surface area (TPSA) is 71.8 Å². The average molecular weight is 506 g/mol. The van der Waals surface area contributed by atoms with Crippen LogP contribution in [-0.2, 0) is 18.5 Å². The number of aromatic nitrogens is 5. The zero-order chi connectivity index (χ0) is 26.3. The quantitative estimate of drug-likeness (QED) is 0.340. The molecule has 1 aliphatic heterocycles. The second kappa shape index (κ2) is 9.78. The molecule has 0 atom stereocenters. The molecule has 7 nitrogen and oxygen atoms in total. The maximum Gasteiger partial charge on any atom is 0.229 e. The highest BCUT2D eigenvalue weighted by molar-refractivity contribution is 5.83. The predicted molar refractivity (Wildman–Crippen MR) is 142 cm³/mol. The van der Waals surface area contributed by atoms with Crippen LogP contribution < -0.4 is 5.32 Å². The summed E-state index contributed by atoms with van der Waals surface area (Å²) in [6.07, 6.45) is 4.36. The Morgan fingerprint density at radius 1 is 1.05 bits per heavy atom. The first-order valence-electron chi connectivity index (χ1n) is 12.8. The predicted octanol–water partition coefficient (Wildman–Crippen LogP) is 6.13. The fraction of sp³-hybridized carbons (Fsp3) is 0.429. The maximum atomic E-state index is 15.1. The summed E-state index contributed by atoms with van der Waals surface area (Å²) >= 11 is 0. The molecule has 1 aliphatic rings. The smallest absolute Gasteiger partial charge is 0.229 e. The van der Waals surface area contributed by atoms with Gasteiger partial charge >= 0.3 is 0 Å². The molecule has 37 heavy (non-hydrogen) atoms. The summed E-state index contributed by atoms with van der Waals surface area (Å²) in [5.41, 5.74) is 3.14. The van der Waals surface area contributed by atoms with Crippen molar-refractivity contribution in [3.05, 3.63) is 59.2 Å². The Kier molecular flexibility index (Phi) is 6.66. The van der Waals surface area contributed by atoms with Crippen LogP contribution in [0, 0.1) is 18.6 Å². The Hall–Kier alpha value is -3.46. The van der Waals surface area contributed by atoms with Gasteiger partial charge in [0.15, 0.2) is 11.6 Å². The third kappa shape index (κ3) is 5.05. The molecule has 0 fully saturated rings. The number of fused-ring (bicyclic) bond motifs is 2. The van der Waals surface area contributed by atoms with Gasteiger partial charge in [-0.05, 0) is 64.4 Å². The van der Waals surface area contributed by atoms with Gasteiger partial charge < -0.3 is 9.88 Å². The molecule has 4 heterocycles. The minimum Gasteiger partial charge on any atom is -0.323 e. The lowest BCUT2D eigenvalue weighted by molar-refractivity contribution is 0.248. The fourth-order valence-electron chi connectivity index (χ4n) is 5.10. The Morgan fingerprint density at radius 2 is 1.86 bits per heavy atom. The lowest BCUT2D eigenvalue weighted by atomic mass is 10.1. The van der Waals surface area contributed by atoms with Gasteiger partial charge in [0, 0.05) is 36.3 Å².